The van der Waals surface area contributed by atoms with Gasteiger partial charge in [0.25, 0.3) is 5.95 Å². The Bertz CT molecular complexity index is 900. The summed E-state index contributed by atoms with van der Waals surface area (Å²) < 4.78 is 16.3. The molecule has 0 aliphatic carbocycles. The standard InChI is InChI=1S/C18H25Cl2N5O3S/c1-18(2,29(22)27)9-12(11-7-13(19)14(20)8-15(11)26)10-3-5-25(6-4-10)17-23-16(21)28-24-17/h7-8,10,12,26H,3-6,9,22H2,1-2H3,(H2,21,23,24)/t12-,29?/m1/s1. The second-order valence-corrected chi connectivity index (χ2v) is 10.5. The van der Waals surface area contributed by atoms with Crippen LogP contribution in [0, 0.1) is 5.92 Å². The van der Waals surface area contributed by atoms with E-state index in [1.807, 2.05) is 18.7 Å². The third kappa shape index (κ3) is 4.96. The number of anilines is 2. The molecule has 160 valence electrons. The van der Waals surface area contributed by atoms with Crippen LogP contribution in [0.1, 0.15) is 44.6 Å². The van der Waals surface area contributed by atoms with Crippen LogP contribution in [0.15, 0.2) is 16.7 Å². The minimum Gasteiger partial charge on any atom is -0.508 e. The van der Waals surface area contributed by atoms with Crippen LogP contribution in [-0.2, 0) is 11.0 Å². The van der Waals surface area contributed by atoms with Crippen LogP contribution in [0.5, 0.6) is 5.75 Å². The van der Waals surface area contributed by atoms with E-state index < -0.39 is 15.7 Å². The third-order valence-corrected chi connectivity index (χ3v) is 7.53. The van der Waals surface area contributed by atoms with Gasteiger partial charge >= 0.3 is 6.01 Å². The van der Waals surface area contributed by atoms with Crippen molar-refractivity contribution in [1.82, 2.24) is 10.1 Å². The van der Waals surface area contributed by atoms with Crippen molar-refractivity contribution in [1.29, 1.82) is 0 Å². The van der Waals surface area contributed by atoms with Crippen LogP contribution < -0.4 is 15.8 Å². The van der Waals surface area contributed by atoms with E-state index in [-0.39, 0.29) is 28.6 Å². The molecule has 3 rings (SSSR count). The highest BCUT2D eigenvalue weighted by atomic mass is 35.5. The lowest BCUT2D eigenvalue weighted by atomic mass is 9.75. The first-order chi connectivity index (χ1) is 13.6. The Balaban J connectivity index is 1.86. The summed E-state index contributed by atoms with van der Waals surface area (Å²) in [6.07, 6.45) is 2.15. The fourth-order valence-electron chi connectivity index (χ4n) is 3.85. The molecule has 1 unspecified atom stereocenters. The highest BCUT2D eigenvalue weighted by Crippen LogP contribution is 2.45. The molecule has 1 aromatic carbocycles. The second-order valence-electron chi connectivity index (χ2n) is 7.95. The fourth-order valence-corrected chi connectivity index (χ4v) is 4.52. The van der Waals surface area contributed by atoms with Crippen molar-refractivity contribution in [3.8, 4) is 5.75 Å². The summed E-state index contributed by atoms with van der Waals surface area (Å²) in [5, 5.41) is 20.8. The molecule has 5 N–H and O–H groups in total. The molecule has 0 amide bonds. The Labute approximate surface area is 182 Å². The van der Waals surface area contributed by atoms with E-state index in [0.29, 0.717) is 36.0 Å². The Hall–Kier alpha value is -1.55. The van der Waals surface area contributed by atoms with E-state index in [1.54, 1.807) is 6.07 Å². The van der Waals surface area contributed by atoms with E-state index in [2.05, 4.69) is 10.1 Å². The van der Waals surface area contributed by atoms with Gasteiger partial charge in [-0.15, -0.1) is 0 Å². The second kappa shape index (κ2) is 8.67. The smallest absolute Gasteiger partial charge is 0.320 e. The van der Waals surface area contributed by atoms with Gasteiger partial charge < -0.3 is 20.3 Å². The maximum atomic E-state index is 12.1. The van der Waals surface area contributed by atoms with Crippen molar-refractivity contribution in [3.05, 3.63) is 27.7 Å². The molecule has 1 saturated heterocycles. The number of piperidine rings is 1. The maximum Gasteiger partial charge on any atom is 0.320 e. The zero-order chi connectivity index (χ0) is 21.3. The van der Waals surface area contributed by atoms with Gasteiger partial charge in [0.05, 0.1) is 25.8 Å². The molecule has 0 bridgehead atoms. The summed E-state index contributed by atoms with van der Waals surface area (Å²) in [6.45, 7) is 5.13. The van der Waals surface area contributed by atoms with Crippen molar-refractivity contribution in [2.75, 3.05) is 23.7 Å². The first-order valence-electron chi connectivity index (χ1n) is 9.27. The van der Waals surface area contributed by atoms with E-state index in [0.717, 1.165) is 12.8 Å². The first kappa shape index (κ1) is 22.1. The van der Waals surface area contributed by atoms with Crippen molar-refractivity contribution in [2.24, 2.45) is 11.1 Å². The van der Waals surface area contributed by atoms with Gasteiger partial charge in [-0.25, -0.2) is 4.21 Å². The molecule has 29 heavy (non-hydrogen) atoms. The van der Waals surface area contributed by atoms with Gasteiger partial charge in [0, 0.05) is 19.2 Å². The number of benzene rings is 1. The number of nitrogens with two attached hydrogens (primary N) is 2. The van der Waals surface area contributed by atoms with Gasteiger partial charge in [-0.3, -0.25) is 5.14 Å². The molecule has 0 spiro atoms. The van der Waals surface area contributed by atoms with Crippen LogP contribution >= 0.6 is 23.2 Å². The lowest BCUT2D eigenvalue weighted by Gasteiger charge is -2.38. The molecule has 11 heteroatoms. The van der Waals surface area contributed by atoms with Gasteiger partial charge in [-0.2, -0.15) is 4.98 Å². The van der Waals surface area contributed by atoms with E-state index in [4.69, 9.17) is 38.6 Å². The molecule has 8 nitrogen and oxygen atoms in total. The molecule has 0 radical (unpaired) electrons. The van der Waals surface area contributed by atoms with Crippen LogP contribution in [0.25, 0.3) is 0 Å². The van der Waals surface area contributed by atoms with E-state index in [9.17, 15) is 9.32 Å². The zero-order valence-corrected chi connectivity index (χ0v) is 18.6. The monoisotopic (exact) mass is 461 g/mol. The number of nitrogen functional groups attached to an aromatic ring is 1. The normalized spacial score (nSPS) is 18.0. The molecule has 0 saturated carbocycles. The number of nitrogens with zero attached hydrogens (tertiary/aromatic N) is 3. The minimum absolute atomic E-state index is 0.0351. The molecule has 1 aliphatic heterocycles. The topological polar surface area (TPSA) is 132 Å². The number of hydrogen-bond donors (Lipinski definition) is 3. The Morgan fingerprint density at radius 2 is 1.97 bits per heavy atom. The average Bonchev–Trinajstić information content (AvgIpc) is 3.09. The summed E-state index contributed by atoms with van der Waals surface area (Å²) in [4.78, 5) is 6.09. The number of aromatic hydroxyl groups is 1. The number of rotatable bonds is 6. The fraction of sp³-hybridized carbons (Fsp3) is 0.556. The Morgan fingerprint density at radius 1 is 1.34 bits per heavy atom. The van der Waals surface area contributed by atoms with Crippen LogP contribution in [0.3, 0.4) is 0 Å². The largest absolute Gasteiger partial charge is 0.508 e. The Morgan fingerprint density at radius 3 is 2.52 bits per heavy atom. The molecular formula is C18H25Cl2N5O3S. The SMILES string of the molecule is CC(C)(C[C@@H](c1cc(Cl)c(Cl)cc1O)C1CCN(c2noc(N)n2)CC1)S(N)=O. The maximum absolute atomic E-state index is 12.1. The summed E-state index contributed by atoms with van der Waals surface area (Å²) in [7, 11) is -1.52. The molecule has 1 fully saturated rings. The molecular weight excluding hydrogens is 437 g/mol. The van der Waals surface area contributed by atoms with Crippen molar-refractivity contribution < 1.29 is 13.8 Å². The quantitative estimate of drug-likeness (QED) is 0.599. The molecule has 2 heterocycles. The average molecular weight is 462 g/mol. The highest BCUT2D eigenvalue weighted by Gasteiger charge is 2.36. The highest BCUT2D eigenvalue weighted by molar-refractivity contribution is 7.84. The Kier molecular flexibility index (Phi) is 6.62. The van der Waals surface area contributed by atoms with Crippen molar-refractivity contribution in [3.63, 3.8) is 0 Å². The number of halogens is 2. The summed E-state index contributed by atoms with van der Waals surface area (Å²) in [6, 6.07) is 3.19. The number of aromatic nitrogens is 2. The number of phenolic OH excluding ortho intramolecular Hbond substituents is 1. The van der Waals surface area contributed by atoms with Gasteiger partial charge in [-0.1, -0.05) is 23.2 Å². The van der Waals surface area contributed by atoms with Crippen LogP contribution in [0.4, 0.5) is 12.0 Å². The van der Waals surface area contributed by atoms with Crippen molar-refractivity contribution >= 4 is 46.2 Å². The van der Waals surface area contributed by atoms with Crippen LogP contribution in [-0.4, -0.2) is 37.3 Å². The van der Waals surface area contributed by atoms with Gasteiger partial charge in [0.2, 0.25) is 0 Å². The summed E-state index contributed by atoms with van der Waals surface area (Å²) >= 11 is 12.3. The predicted octanol–water partition coefficient (Wildman–Crippen LogP) is 3.46. The van der Waals surface area contributed by atoms with Crippen LogP contribution in [0.2, 0.25) is 10.0 Å². The molecule has 1 aromatic heterocycles. The number of hydrogen-bond acceptors (Lipinski definition) is 7. The summed E-state index contributed by atoms with van der Waals surface area (Å²) in [5.74, 6) is 0.667. The van der Waals surface area contributed by atoms with Gasteiger partial charge in [-0.05, 0) is 61.7 Å². The molecule has 1 aliphatic rings. The summed E-state index contributed by atoms with van der Waals surface area (Å²) in [5.41, 5.74) is 6.21. The van der Waals surface area contributed by atoms with E-state index >= 15 is 0 Å². The lowest BCUT2D eigenvalue weighted by Crippen LogP contribution is -2.39. The third-order valence-electron chi connectivity index (χ3n) is 5.55. The lowest BCUT2D eigenvalue weighted by molar-refractivity contribution is 0.302. The minimum atomic E-state index is -1.52. The number of phenols is 1. The van der Waals surface area contributed by atoms with E-state index in [1.165, 1.54) is 6.07 Å². The molecule has 2 aromatic rings. The van der Waals surface area contributed by atoms with Gasteiger partial charge in [0.15, 0.2) is 0 Å². The van der Waals surface area contributed by atoms with Crippen molar-refractivity contribution in [2.45, 2.75) is 43.8 Å². The zero-order valence-electron chi connectivity index (χ0n) is 16.3. The molecule has 2 atom stereocenters. The van der Waals surface area contributed by atoms with Gasteiger partial charge in [0.1, 0.15) is 5.75 Å². The predicted molar refractivity (Wildman–Crippen MR) is 116 cm³/mol. The first-order valence-corrected chi connectivity index (χ1v) is 11.2.